The van der Waals surface area contributed by atoms with E-state index in [1.807, 2.05) is 0 Å². The van der Waals surface area contributed by atoms with Crippen molar-refractivity contribution >= 4 is 29.0 Å². The van der Waals surface area contributed by atoms with Crippen LogP contribution < -0.4 is 14.8 Å². The number of thiazole rings is 1. The highest BCUT2D eigenvalue weighted by atomic mass is 32.1. The third kappa shape index (κ3) is 4.81. The van der Waals surface area contributed by atoms with Crippen molar-refractivity contribution in [2.24, 2.45) is 0 Å². The number of ether oxygens (including phenoxy) is 1. The number of benzene rings is 1. The van der Waals surface area contributed by atoms with Crippen molar-refractivity contribution in [1.29, 1.82) is 5.26 Å². The van der Waals surface area contributed by atoms with Gasteiger partial charge in [-0.1, -0.05) is 12.7 Å². The van der Waals surface area contributed by atoms with Gasteiger partial charge in [-0.25, -0.2) is 9.18 Å². The molecule has 0 unspecified atom stereocenters. The molecule has 0 saturated carbocycles. The molecule has 0 spiro atoms. The van der Waals surface area contributed by atoms with Crippen LogP contribution in [-0.2, 0) is 22.3 Å². The molecule has 0 radical (unpaired) electrons. The van der Waals surface area contributed by atoms with Gasteiger partial charge >= 0.3 is 12.1 Å². The van der Waals surface area contributed by atoms with E-state index in [2.05, 4.69) is 6.58 Å². The first-order valence-corrected chi connectivity index (χ1v) is 8.96. The summed E-state index contributed by atoms with van der Waals surface area (Å²) in [5.41, 5.74) is -2.63. The van der Waals surface area contributed by atoms with Crippen LogP contribution in [-0.4, -0.2) is 17.1 Å². The van der Waals surface area contributed by atoms with Gasteiger partial charge in [0.2, 0.25) is 0 Å². The second-order valence-corrected chi connectivity index (χ2v) is 6.60. The first kappa shape index (κ1) is 22.1. The minimum atomic E-state index is -4.68. The van der Waals surface area contributed by atoms with Gasteiger partial charge in [0.15, 0.2) is 5.57 Å². The number of rotatable bonds is 5. The van der Waals surface area contributed by atoms with Crippen LogP contribution in [0.3, 0.4) is 0 Å². The number of aromatic nitrogens is 1. The number of nitriles is 1. The number of hydrogen-bond acceptors (Lipinski definition) is 5. The maximum atomic E-state index is 14.0. The molecule has 0 bridgehead atoms. The van der Waals surface area contributed by atoms with E-state index in [-0.39, 0.29) is 22.3 Å². The summed E-state index contributed by atoms with van der Waals surface area (Å²) in [7, 11) is 0. The molecule has 152 valence electrons. The lowest BCUT2D eigenvalue weighted by molar-refractivity contribution is -0.137. The van der Waals surface area contributed by atoms with Crippen molar-refractivity contribution in [2.75, 3.05) is 6.61 Å². The Morgan fingerprint density at radius 1 is 1.41 bits per heavy atom. The molecule has 0 aliphatic rings. The Bertz CT molecular complexity index is 1170. The number of nitrogens with zero attached hydrogens (tertiary/aromatic N) is 2. The lowest BCUT2D eigenvalue weighted by Crippen LogP contribution is -2.32. The zero-order valence-electron chi connectivity index (χ0n) is 15.0. The highest BCUT2D eigenvalue weighted by molar-refractivity contribution is 7.07. The fourth-order valence-electron chi connectivity index (χ4n) is 2.35. The van der Waals surface area contributed by atoms with Gasteiger partial charge in [-0.05, 0) is 31.2 Å². The highest BCUT2D eigenvalue weighted by Gasteiger charge is 2.31. The summed E-state index contributed by atoms with van der Waals surface area (Å²) >= 11 is 0.683. The Hall–Kier alpha value is -3.19. The summed E-state index contributed by atoms with van der Waals surface area (Å²) < 4.78 is 58.4. The average molecular weight is 426 g/mol. The van der Waals surface area contributed by atoms with Gasteiger partial charge in [-0.2, -0.15) is 18.4 Å². The first-order valence-electron chi connectivity index (χ1n) is 8.14. The number of carbonyl (C=O) groups is 1. The molecule has 2 rings (SSSR count). The Morgan fingerprint density at radius 2 is 2.10 bits per heavy atom. The lowest BCUT2D eigenvalue weighted by atomic mass is 10.1. The Balaban J connectivity index is 2.77. The zero-order chi connectivity index (χ0) is 21.8. The van der Waals surface area contributed by atoms with Crippen LogP contribution in [0, 0.1) is 17.1 Å². The standard InChI is InChI=1S/C19H14F4N2O3S/c1-3-7-28-18(27)13(10-24)17-25(4-2)16(26)15(29-17)9-11-8-12(19(21,22)23)5-6-14(11)20/h3,5-6,8-9H,1,4,7H2,2H3. The molecule has 0 saturated heterocycles. The van der Waals surface area contributed by atoms with Crippen LogP contribution in [0.25, 0.3) is 11.6 Å². The molecule has 0 N–H and O–H groups in total. The third-order valence-corrected chi connectivity index (χ3v) is 4.83. The van der Waals surface area contributed by atoms with Crippen LogP contribution in [0.2, 0.25) is 0 Å². The van der Waals surface area contributed by atoms with Gasteiger partial charge in [0.25, 0.3) is 5.56 Å². The third-order valence-electron chi connectivity index (χ3n) is 3.70. The minimum absolute atomic E-state index is 0.0345. The summed E-state index contributed by atoms with van der Waals surface area (Å²) in [6, 6.07) is 3.49. The molecule has 0 atom stereocenters. The van der Waals surface area contributed by atoms with Crippen LogP contribution in [0.5, 0.6) is 0 Å². The predicted molar refractivity (Wildman–Crippen MR) is 98.6 cm³/mol. The number of carbonyl (C=O) groups excluding carboxylic acids is 1. The molecule has 1 heterocycles. The first-order chi connectivity index (χ1) is 13.6. The molecule has 0 fully saturated rings. The summed E-state index contributed by atoms with van der Waals surface area (Å²) in [4.78, 5) is 24.6. The van der Waals surface area contributed by atoms with Crippen molar-refractivity contribution < 1.29 is 27.1 Å². The smallest absolute Gasteiger partial charge is 0.416 e. The van der Waals surface area contributed by atoms with Gasteiger partial charge in [0, 0.05) is 12.1 Å². The molecular weight excluding hydrogens is 412 g/mol. The van der Waals surface area contributed by atoms with E-state index >= 15 is 0 Å². The average Bonchev–Trinajstić information content (AvgIpc) is 2.96. The van der Waals surface area contributed by atoms with Crippen LogP contribution in [0.4, 0.5) is 17.6 Å². The monoisotopic (exact) mass is 426 g/mol. The van der Waals surface area contributed by atoms with E-state index < -0.39 is 40.2 Å². The van der Waals surface area contributed by atoms with E-state index in [0.717, 1.165) is 10.6 Å². The molecule has 29 heavy (non-hydrogen) atoms. The summed E-state index contributed by atoms with van der Waals surface area (Å²) in [5.74, 6) is -1.93. The highest BCUT2D eigenvalue weighted by Crippen LogP contribution is 2.30. The zero-order valence-corrected chi connectivity index (χ0v) is 15.9. The second-order valence-electron chi connectivity index (χ2n) is 5.57. The van der Waals surface area contributed by atoms with Crippen molar-refractivity contribution in [1.82, 2.24) is 4.57 Å². The summed E-state index contributed by atoms with van der Waals surface area (Å²) in [6.07, 6.45) is -2.43. The largest absolute Gasteiger partial charge is 0.457 e. The van der Waals surface area contributed by atoms with E-state index in [0.29, 0.717) is 29.5 Å². The van der Waals surface area contributed by atoms with Crippen molar-refractivity contribution in [3.05, 3.63) is 67.3 Å². The Morgan fingerprint density at radius 3 is 2.66 bits per heavy atom. The Labute approximate surface area is 166 Å². The van der Waals surface area contributed by atoms with E-state index in [1.54, 1.807) is 13.0 Å². The maximum Gasteiger partial charge on any atom is 0.416 e. The molecule has 2 aromatic rings. The number of alkyl halides is 3. The summed E-state index contributed by atoms with van der Waals surface area (Å²) in [5, 5.41) is 9.31. The number of halogens is 4. The molecule has 1 aromatic heterocycles. The van der Waals surface area contributed by atoms with Crippen molar-refractivity contribution in [3.63, 3.8) is 0 Å². The lowest BCUT2D eigenvalue weighted by Gasteiger charge is -2.07. The van der Waals surface area contributed by atoms with Crippen molar-refractivity contribution in [3.8, 4) is 6.07 Å². The van der Waals surface area contributed by atoms with Crippen molar-refractivity contribution in [2.45, 2.75) is 19.6 Å². The van der Waals surface area contributed by atoms with E-state index in [9.17, 15) is 32.4 Å². The summed E-state index contributed by atoms with van der Waals surface area (Å²) in [6.45, 7) is 4.88. The molecular formula is C19H14F4N2O3S. The van der Waals surface area contributed by atoms with Gasteiger partial charge in [-0.15, -0.1) is 11.3 Å². The number of hydrogen-bond donors (Lipinski definition) is 0. The SMILES string of the molecule is C=CCOC(=O)C(C#N)=c1sc(=Cc2cc(C(F)(F)F)ccc2F)c(=O)n1CC. The van der Waals surface area contributed by atoms with Gasteiger partial charge in [0.05, 0.1) is 10.1 Å². The van der Waals surface area contributed by atoms with Crippen LogP contribution >= 0.6 is 11.3 Å². The topological polar surface area (TPSA) is 72.1 Å². The van der Waals surface area contributed by atoms with E-state index in [4.69, 9.17) is 4.74 Å². The molecule has 0 aliphatic carbocycles. The molecule has 0 amide bonds. The normalized spacial score (nSPS) is 13.0. The predicted octanol–water partition coefficient (Wildman–Crippen LogP) is 2.32. The molecule has 1 aromatic carbocycles. The Kier molecular flexibility index (Phi) is 6.76. The van der Waals surface area contributed by atoms with Crippen LogP contribution in [0.1, 0.15) is 18.1 Å². The van der Waals surface area contributed by atoms with Crippen LogP contribution in [0.15, 0.2) is 35.6 Å². The fourth-order valence-corrected chi connectivity index (χ4v) is 3.50. The fraction of sp³-hybridized carbons (Fsp3) is 0.211. The molecule has 5 nitrogen and oxygen atoms in total. The minimum Gasteiger partial charge on any atom is -0.457 e. The van der Waals surface area contributed by atoms with Gasteiger partial charge in [0.1, 0.15) is 23.2 Å². The maximum absolute atomic E-state index is 14.0. The number of esters is 1. The quantitative estimate of drug-likeness (QED) is 0.418. The van der Waals surface area contributed by atoms with Gasteiger partial charge in [-0.3, -0.25) is 9.36 Å². The van der Waals surface area contributed by atoms with E-state index in [1.165, 1.54) is 6.08 Å². The molecule has 10 heteroatoms. The van der Waals surface area contributed by atoms with Gasteiger partial charge < -0.3 is 4.74 Å². The second kappa shape index (κ2) is 8.87. The molecule has 0 aliphatic heterocycles.